The average Bonchev–Trinajstić information content (AvgIpc) is 2.77. The Morgan fingerprint density at radius 1 is 1.09 bits per heavy atom. The van der Waals surface area contributed by atoms with E-state index in [1.807, 2.05) is 24.3 Å². The van der Waals surface area contributed by atoms with Crippen LogP contribution in [-0.2, 0) is 25.5 Å². The van der Waals surface area contributed by atoms with Gasteiger partial charge in [-0.2, -0.15) is 0 Å². The van der Waals surface area contributed by atoms with Crippen LogP contribution in [0, 0.1) is 6.92 Å². The number of aliphatic hydroxyl groups excluding tert-OH is 2. The lowest BCUT2D eigenvalue weighted by atomic mass is 9.96. The van der Waals surface area contributed by atoms with E-state index >= 15 is 0 Å². The molecular formula is C23H33N5O6. The van der Waals surface area contributed by atoms with E-state index in [0.717, 1.165) is 11.1 Å². The van der Waals surface area contributed by atoms with Gasteiger partial charge in [0.1, 0.15) is 18.3 Å². The van der Waals surface area contributed by atoms with E-state index < -0.39 is 42.2 Å². The zero-order valence-corrected chi connectivity index (χ0v) is 20.3. The molecule has 0 bridgehead atoms. The first-order valence-electron chi connectivity index (χ1n) is 11.2. The highest BCUT2D eigenvalue weighted by Gasteiger charge is 2.50. The van der Waals surface area contributed by atoms with Crippen molar-refractivity contribution in [2.45, 2.75) is 90.5 Å². The Labute approximate surface area is 198 Å². The molecule has 11 heteroatoms. The van der Waals surface area contributed by atoms with Crippen LogP contribution in [0.15, 0.2) is 24.3 Å². The van der Waals surface area contributed by atoms with Crippen molar-refractivity contribution in [1.29, 1.82) is 0 Å². The molecule has 1 saturated heterocycles. The van der Waals surface area contributed by atoms with E-state index in [2.05, 4.69) is 25.7 Å². The summed E-state index contributed by atoms with van der Waals surface area (Å²) >= 11 is 0. The van der Waals surface area contributed by atoms with Crippen LogP contribution in [0.3, 0.4) is 0 Å². The Morgan fingerprint density at radius 2 is 1.71 bits per heavy atom. The summed E-state index contributed by atoms with van der Waals surface area (Å²) in [6, 6.07) is 7.27. The van der Waals surface area contributed by atoms with Crippen molar-refractivity contribution < 1.29 is 29.2 Å². The van der Waals surface area contributed by atoms with E-state index in [0.29, 0.717) is 11.6 Å². The summed E-state index contributed by atoms with van der Waals surface area (Å²) in [7, 11) is 0. The third-order valence-electron chi connectivity index (χ3n) is 4.96. The number of aliphatic hydroxyl groups is 2. The minimum absolute atomic E-state index is 0.209. The fourth-order valence-electron chi connectivity index (χ4n) is 3.42. The normalized spacial score (nSPS) is 25.4. The van der Waals surface area contributed by atoms with Gasteiger partial charge in [0.15, 0.2) is 18.2 Å². The number of carbonyl (C=O) groups excluding carboxylic acids is 1. The average molecular weight is 476 g/mol. The van der Waals surface area contributed by atoms with Gasteiger partial charge < -0.3 is 29.7 Å². The van der Waals surface area contributed by atoms with Gasteiger partial charge >= 0.3 is 0 Å². The molecule has 1 aliphatic heterocycles. The SMILES string of the molecule is Cc1nnc(-c2ccc(CNC(=O)C3O[C@@H](OC(C)C)C(O)[C@@H](O)[C@@H]3OC(C)(C)C)cc2)nn1. The van der Waals surface area contributed by atoms with Crippen LogP contribution >= 0.6 is 0 Å². The molecule has 186 valence electrons. The standard InChI is InChI=1S/C23H33N5O6/c1-12(2)32-22-17(30)16(29)18(34-23(4,5)6)19(33-22)21(31)24-11-14-7-9-15(10-8-14)20-27-25-13(3)26-28-20/h7-10,12,16-19,22,29-30H,11H2,1-6H3,(H,24,31)/t16-,17?,18+,19?,22-/m1/s1. The smallest absolute Gasteiger partial charge is 0.252 e. The van der Waals surface area contributed by atoms with Crippen molar-refractivity contribution in [3.8, 4) is 11.4 Å². The molecule has 0 saturated carbocycles. The van der Waals surface area contributed by atoms with Crippen LogP contribution in [0.1, 0.15) is 46.0 Å². The highest BCUT2D eigenvalue weighted by molar-refractivity contribution is 5.81. The first-order valence-corrected chi connectivity index (χ1v) is 11.2. The first-order chi connectivity index (χ1) is 15.9. The fourth-order valence-corrected chi connectivity index (χ4v) is 3.42. The summed E-state index contributed by atoms with van der Waals surface area (Å²) in [5.74, 6) is 0.403. The molecular weight excluding hydrogens is 442 g/mol. The molecule has 1 amide bonds. The fraction of sp³-hybridized carbons (Fsp3) is 0.609. The van der Waals surface area contributed by atoms with Crippen molar-refractivity contribution in [2.24, 2.45) is 0 Å². The van der Waals surface area contributed by atoms with E-state index in [1.54, 1.807) is 41.5 Å². The molecule has 1 aromatic heterocycles. The number of amides is 1. The topological polar surface area (TPSA) is 149 Å². The Hall–Kier alpha value is -2.57. The number of carbonyl (C=O) groups is 1. The van der Waals surface area contributed by atoms with Crippen molar-refractivity contribution >= 4 is 5.91 Å². The maximum Gasteiger partial charge on any atom is 0.252 e. The second kappa shape index (κ2) is 10.8. The number of nitrogens with one attached hydrogen (secondary N) is 1. The van der Waals surface area contributed by atoms with Crippen molar-refractivity contribution in [1.82, 2.24) is 25.7 Å². The second-order valence-electron chi connectivity index (χ2n) is 9.47. The maximum atomic E-state index is 13.1. The lowest BCUT2D eigenvalue weighted by Crippen LogP contribution is -2.64. The molecule has 5 atom stereocenters. The van der Waals surface area contributed by atoms with Crippen molar-refractivity contribution in [2.75, 3.05) is 0 Å². The van der Waals surface area contributed by atoms with Crippen LogP contribution in [0.5, 0.6) is 0 Å². The van der Waals surface area contributed by atoms with Gasteiger partial charge in [-0.25, -0.2) is 0 Å². The number of hydrogen-bond acceptors (Lipinski definition) is 10. The van der Waals surface area contributed by atoms with Crippen molar-refractivity contribution in [3.05, 3.63) is 35.7 Å². The molecule has 1 aromatic carbocycles. The third kappa shape index (κ3) is 6.73. The lowest BCUT2D eigenvalue weighted by Gasteiger charge is -2.44. The van der Waals surface area contributed by atoms with Gasteiger partial charge in [0.25, 0.3) is 5.91 Å². The summed E-state index contributed by atoms with van der Waals surface area (Å²) in [5, 5.41) is 39.8. The largest absolute Gasteiger partial charge is 0.387 e. The molecule has 0 aliphatic carbocycles. The van der Waals surface area contributed by atoms with E-state index in [4.69, 9.17) is 14.2 Å². The zero-order valence-electron chi connectivity index (χ0n) is 20.3. The molecule has 3 rings (SSSR count). The van der Waals surface area contributed by atoms with Gasteiger partial charge in [0, 0.05) is 12.1 Å². The van der Waals surface area contributed by atoms with E-state index in [-0.39, 0.29) is 12.6 Å². The van der Waals surface area contributed by atoms with Gasteiger partial charge in [-0.15, -0.1) is 20.4 Å². The predicted molar refractivity (Wildman–Crippen MR) is 121 cm³/mol. The van der Waals surface area contributed by atoms with Crippen LogP contribution in [0.2, 0.25) is 0 Å². The zero-order chi connectivity index (χ0) is 25.0. The van der Waals surface area contributed by atoms with Gasteiger partial charge in [-0.1, -0.05) is 24.3 Å². The van der Waals surface area contributed by atoms with E-state index in [1.165, 1.54) is 0 Å². The van der Waals surface area contributed by atoms with E-state index in [9.17, 15) is 15.0 Å². The minimum Gasteiger partial charge on any atom is -0.387 e. The highest BCUT2D eigenvalue weighted by Crippen LogP contribution is 2.28. The molecule has 2 heterocycles. The van der Waals surface area contributed by atoms with Gasteiger partial charge in [0.05, 0.1) is 11.7 Å². The summed E-state index contributed by atoms with van der Waals surface area (Å²) in [4.78, 5) is 13.1. The molecule has 1 fully saturated rings. The molecule has 2 aromatic rings. The maximum absolute atomic E-state index is 13.1. The van der Waals surface area contributed by atoms with Crippen LogP contribution < -0.4 is 5.32 Å². The monoisotopic (exact) mass is 475 g/mol. The quantitative estimate of drug-likeness (QED) is 0.527. The molecule has 2 unspecified atom stereocenters. The number of aryl methyl sites for hydroxylation is 1. The summed E-state index contributed by atoms with van der Waals surface area (Å²) in [5.41, 5.74) is 0.885. The molecule has 11 nitrogen and oxygen atoms in total. The predicted octanol–water partition coefficient (Wildman–Crippen LogP) is 0.914. The second-order valence-corrected chi connectivity index (χ2v) is 9.47. The Morgan fingerprint density at radius 3 is 2.26 bits per heavy atom. The number of benzene rings is 1. The lowest BCUT2D eigenvalue weighted by molar-refractivity contribution is -0.313. The summed E-state index contributed by atoms with van der Waals surface area (Å²) in [6.45, 7) is 10.8. The van der Waals surface area contributed by atoms with Crippen LogP contribution in [0.25, 0.3) is 11.4 Å². The van der Waals surface area contributed by atoms with Crippen LogP contribution in [-0.4, -0.2) is 78.9 Å². The van der Waals surface area contributed by atoms with Crippen molar-refractivity contribution in [3.63, 3.8) is 0 Å². The van der Waals surface area contributed by atoms with Gasteiger partial charge in [0.2, 0.25) is 5.82 Å². The minimum atomic E-state index is -1.37. The summed E-state index contributed by atoms with van der Waals surface area (Å²) in [6.07, 6.45) is -6.44. The molecule has 3 N–H and O–H groups in total. The number of rotatable bonds is 7. The summed E-state index contributed by atoms with van der Waals surface area (Å²) < 4.78 is 17.2. The highest BCUT2D eigenvalue weighted by atomic mass is 16.7. The molecule has 34 heavy (non-hydrogen) atoms. The molecule has 1 aliphatic rings. The number of ether oxygens (including phenoxy) is 3. The Kier molecular flexibility index (Phi) is 8.26. The Balaban J connectivity index is 1.70. The number of aromatic nitrogens is 4. The molecule has 0 spiro atoms. The number of nitrogens with zero attached hydrogens (tertiary/aromatic N) is 4. The Bertz CT molecular complexity index is 948. The third-order valence-corrected chi connectivity index (χ3v) is 4.96. The van der Waals surface area contributed by atoms with Gasteiger partial charge in [-0.05, 0) is 47.1 Å². The first kappa shape index (κ1) is 26.0. The molecule has 0 radical (unpaired) electrons. The van der Waals surface area contributed by atoms with Gasteiger partial charge in [-0.3, -0.25) is 4.79 Å². The number of hydrogen-bond donors (Lipinski definition) is 3. The van der Waals surface area contributed by atoms with Crippen LogP contribution in [0.4, 0.5) is 0 Å².